The number of carboxylic acids is 1. The zero-order valence-corrected chi connectivity index (χ0v) is 14.5. The molecule has 0 aliphatic heterocycles. The molecular weight excluding hydrogens is 323 g/mol. The van der Waals surface area contributed by atoms with Gasteiger partial charge < -0.3 is 10.0 Å². The van der Waals surface area contributed by atoms with E-state index < -0.39 is 12.0 Å². The van der Waals surface area contributed by atoms with Crippen LogP contribution in [-0.4, -0.2) is 53.0 Å². The minimum Gasteiger partial charge on any atom is -0.480 e. The Hall–Kier alpha value is -1.66. The SMILES string of the molecule is CCCN(CC(=O)O)C(C)C(=O)N(C)Cc1cccc(F)c1.Cl. The minimum absolute atomic E-state index is 0. The van der Waals surface area contributed by atoms with E-state index in [0.29, 0.717) is 12.1 Å². The van der Waals surface area contributed by atoms with Gasteiger partial charge in [-0.25, -0.2) is 4.39 Å². The Bertz CT molecular complexity index is 528. The Kier molecular flexibility index (Phi) is 9.44. The van der Waals surface area contributed by atoms with E-state index in [0.717, 1.165) is 6.42 Å². The molecule has 0 aliphatic carbocycles. The van der Waals surface area contributed by atoms with Gasteiger partial charge in [-0.2, -0.15) is 0 Å². The summed E-state index contributed by atoms with van der Waals surface area (Å²) in [5, 5.41) is 8.94. The maximum atomic E-state index is 13.2. The molecule has 23 heavy (non-hydrogen) atoms. The van der Waals surface area contributed by atoms with Crippen LogP contribution in [0.15, 0.2) is 24.3 Å². The first-order valence-corrected chi connectivity index (χ1v) is 7.30. The highest BCUT2D eigenvalue weighted by atomic mass is 35.5. The van der Waals surface area contributed by atoms with Crippen molar-refractivity contribution in [2.45, 2.75) is 32.9 Å². The van der Waals surface area contributed by atoms with Gasteiger partial charge in [-0.05, 0) is 37.6 Å². The van der Waals surface area contributed by atoms with Crippen LogP contribution in [0.4, 0.5) is 4.39 Å². The van der Waals surface area contributed by atoms with E-state index in [2.05, 4.69) is 0 Å². The largest absolute Gasteiger partial charge is 0.480 e. The van der Waals surface area contributed by atoms with E-state index >= 15 is 0 Å². The molecule has 1 aromatic carbocycles. The highest BCUT2D eigenvalue weighted by Gasteiger charge is 2.25. The van der Waals surface area contributed by atoms with Crippen LogP contribution in [0.3, 0.4) is 0 Å². The fourth-order valence-corrected chi connectivity index (χ4v) is 2.33. The van der Waals surface area contributed by atoms with E-state index in [4.69, 9.17) is 5.11 Å². The summed E-state index contributed by atoms with van der Waals surface area (Å²) in [7, 11) is 1.63. The number of halogens is 2. The van der Waals surface area contributed by atoms with Crippen molar-refractivity contribution in [2.24, 2.45) is 0 Å². The first-order chi connectivity index (χ1) is 10.3. The Labute approximate surface area is 142 Å². The number of carbonyl (C=O) groups excluding carboxylic acids is 1. The molecule has 0 heterocycles. The predicted octanol–water partition coefficient (Wildman–Crippen LogP) is 2.39. The van der Waals surface area contributed by atoms with Gasteiger partial charge >= 0.3 is 5.97 Å². The van der Waals surface area contributed by atoms with Crippen LogP contribution in [-0.2, 0) is 16.1 Å². The topological polar surface area (TPSA) is 60.9 Å². The van der Waals surface area contributed by atoms with Crippen LogP contribution in [0.2, 0.25) is 0 Å². The number of carbonyl (C=O) groups is 2. The highest BCUT2D eigenvalue weighted by Crippen LogP contribution is 2.10. The van der Waals surface area contributed by atoms with Crippen molar-refractivity contribution < 1.29 is 19.1 Å². The number of aliphatic carboxylic acids is 1. The molecule has 1 aromatic rings. The van der Waals surface area contributed by atoms with E-state index in [-0.39, 0.29) is 37.2 Å². The van der Waals surface area contributed by atoms with Gasteiger partial charge in [-0.3, -0.25) is 14.5 Å². The molecule has 0 aliphatic rings. The first-order valence-electron chi connectivity index (χ1n) is 7.30. The molecule has 1 atom stereocenters. The molecule has 0 radical (unpaired) electrons. The number of amides is 1. The maximum Gasteiger partial charge on any atom is 0.317 e. The Balaban J connectivity index is 0.00000484. The third-order valence-corrected chi connectivity index (χ3v) is 3.44. The monoisotopic (exact) mass is 346 g/mol. The van der Waals surface area contributed by atoms with Crippen molar-refractivity contribution in [3.05, 3.63) is 35.6 Å². The van der Waals surface area contributed by atoms with E-state index in [1.807, 2.05) is 6.92 Å². The number of nitrogens with zero attached hydrogens (tertiary/aromatic N) is 2. The van der Waals surface area contributed by atoms with Crippen molar-refractivity contribution in [1.29, 1.82) is 0 Å². The number of hydrogen-bond acceptors (Lipinski definition) is 3. The van der Waals surface area contributed by atoms with Crippen LogP contribution in [0.1, 0.15) is 25.8 Å². The molecule has 1 unspecified atom stereocenters. The molecule has 0 saturated heterocycles. The lowest BCUT2D eigenvalue weighted by molar-refractivity contribution is -0.142. The Morgan fingerprint density at radius 1 is 1.35 bits per heavy atom. The van der Waals surface area contributed by atoms with Gasteiger partial charge in [0.25, 0.3) is 0 Å². The number of likely N-dealkylation sites (N-methyl/N-ethyl adjacent to an activating group) is 1. The second-order valence-electron chi connectivity index (χ2n) is 5.36. The molecule has 0 aromatic heterocycles. The molecular formula is C16H24ClFN2O3. The predicted molar refractivity (Wildman–Crippen MR) is 89.1 cm³/mol. The third kappa shape index (κ3) is 6.97. The summed E-state index contributed by atoms with van der Waals surface area (Å²) >= 11 is 0. The number of hydrogen-bond donors (Lipinski definition) is 1. The number of benzene rings is 1. The lowest BCUT2D eigenvalue weighted by Gasteiger charge is -2.29. The van der Waals surface area contributed by atoms with Crippen LogP contribution in [0, 0.1) is 5.82 Å². The van der Waals surface area contributed by atoms with Crippen molar-refractivity contribution in [3.8, 4) is 0 Å². The molecule has 130 valence electrons. The number of rotatable bonds is 8. The van der Waals surface area contributed by atoms with Gasteiger partial charge in [-0.15, -0.1) is 12.4 Å². The second-order valence-corrected chi connectivity index (χ2v) is 5.36. The van der Waals surface area contributed by atoms with Crippen molar-refractivity contribution in [1.82, 2.24) is 9.80 Å². The third-order valence-electron chi connectivity index (χ3n) is 3.44. The Morgan fingerprint density at radius 2 is 2.00 bits per heavy atom. The summed E-state index contributed by atoms with van der Waals surface area (Å²) in [6.07, 6.45) is 0.762. The summed E-state index contributed by atoms with van der Waals surface area (Å²) < 4.78 is 13.2. The van der Waals surface area contributed by atoms with Gasteiger partial charge in [0.2, 0.25) is 5.91 Å². The van der Waals surface area contributed by atoms with Gasteiger partial charge in [0.15, 0.2) is 0 Å². The number of carboxylic acid groups (broad SMARTS) is 1. The lowest BCUT2D eigenvalue weighted by Crippen LogP contribution is -2.47. The fourth-order valence-electron chi connectivity index (χ4n) is 2.33. The Morgan fingerprint density at radius 3 is 2.52 bits per heavy atom. The van der Waals surface area contributed by atoms with Crippen LogP contribution in [0.5, 0.6) is 0 Å². The minimum atomic E-state index is -0.958. The van der Waals surface area contributed by atoms with E-state index in [1.165, 1.54) is 17.0 Å². The van der Waals surface area contributed by atoms with E-state index in [1.54, 1.807) is 31.0 Å². The fraction of sp³-hybridized carbons (Fsp3) is 0.500. The summed E-state index contributed by atoms with van der Waals surface area (Å²) in [5.41, 5.74) is 0.698. The standard InChI is InChI=1S/C16H23FN2O3.ClH/c1-4-8-19(11-15(20)21)12(2)16(22)18(3)10-13-6-5-7-14(17)9-13;/h5-7,9,12H,4,8,10-11H2,1-3H3,(H,20,21);1H. The zero-order chi connectivity index (χ0) is 16.7. The molecule has 7 heteroatoms. The van der Waals surface area contributed by atoms with Crippen molar-refractivity contribution in [3.63, 3.8) is 0 Å². The molecule has 0 saturated carbocycles. The van der Waals surface area contributed by atoms with Gasteiger partial charge in [0.1, 0.15) is 5.82 Å². The average molecular weight is 347 g/mol. The van der Waals surface area contributed by atoms with Crippen LogP contribution < -0.4 is 0 Å². The molecule has 0 bridgehead atoms. The summed E-state index contributed by atoms with van der Waals surface area (Å²) in [6, 6.07) is 5.55. The molecule has 5 nitrogen and oxygen atoms in total. The molecule has 0 spiro atoms. The maximum absolute atomic E-state index is 13.2. The quantitative estimate of drug-likeness (QED) is 0.785. The summed E-state index contributed by atoms with van der Waals surface area (Å²) in [4.78, 5) is 26.5. The average Bonchev–Trinajstić information content (AvgIpc) is 2.44. The van der Waals surface area contributed by atoms with Crippen molar-refractivity contribution in [2.75, 3.05) is 20.1 Å². The van der Waals surface area contributed by atoms with Crippen molar-refractivity contribution >= 4 is 24.3 Å². The van der Waals surface area contributed by atoms with Gasteiger partial charge in [0, 0.05) is 13.6 Å². The summed E-state index contributed by atoms with van der Waals surface area (Å²) in [6.45, 7) is 4.28. The second kappa shape index (κ2) is 10.2. The normalized spacial score (nSPS) is 11.7. The lowest BCUT2D eigenvalue weighted by atomic mass is 10.2. The smallest absolute Gasteiger partial charge is 0.317 e. The van der Waals surface area contributed by atoms with Crippen LogP contribution >= 0.6 is 12.4 Å². The molecule has 1 N–H and O–H groups in total. The highest BCUT2D eigenvalue weighted by molar-refractivity contribution is 5.85. The van der Waals surface area contributed by atoms with Gasteiger partial charge in [0.05, 0.1) is 12.6 Å². The van der Waals surface area contributed by atoms with Crippen LogP contribution in [0.25, 0.3) is 0 Å². The molecule has 1 rings (SSSR count). The van der Waals surface area contributed by atoms with Gasteiger partial charge in [-0.1, -0.05) is 19.1 Å². The summed E-state index contributed by atoms with van der Waals surface area (Å²) in [5.74, 6) is -1.48. The van der Waals surface area contributed by atoms with E-state index in [9.17, 15) is 14.0 Å². The zero-order valence-electron chi connectivity index (χ0n) is 13.7. The molecule has 0 fully saturated rings. The molecule has 1 amide bonds. The first kappa shape index (κ1) is 21.3.